The first-order valence-corrected chi connectivity index (χ1v) is 7.75. The summed E-state index contributed by atoms with van der Waals surface area (Å²) in [5.41, 5.74) is 1.81. The molecule has 3 rings (SSSR count). The van der Waals surface area contributed by atoms with Crippen LogP contribution in [0.2, 0.25) is 0 Å². The Labute approximate surface area is 126 Å². The van der Waals surface area contributed by atoms with Crippen molar-refractivity contribution in [2.24, 2.45) is 5.92 Å². The summed E-state index contributed by atoms with van der Waals surface area (Å²) in [5, 5.41) is 3.10. The third kappa shape index (κ3) is 2.59. The van der Waals surface area contributed by atoms with E-state index < -0.39 is 0 Å². The van der Waals surface area contributed by atoms with Crippen molar-refractivity contribution >= 4 is 33.8 Å². The smallest absolute Gasteiger partial charge is 0.220 e. The first-order chi connectivity index (χ1) is 9.67. The molecule has 0 radical (unpaired) electrons. The van der Waals surface area contributed by atoms with Crippen molar-refractivity contribution in [3.05, 3.63) is 28.2 Å². The van der Waals surface area contributed by atoms with Gasteiger partial charge in [0.15, 0.2) is 6.29 Å². The van der Waals surface area contributed by atoms with Gasteiger partial charge in [0.1, 0.15) is 0 Å². The molecule has 2 heterocycles. The molecule has 4 nitrogen and oxygen atoms in total. The third-order valence-corrected chi connectivity index (χ3v) is 4.99. The highest BCUT2D eigenvalue weighted by atomic mass is 79.9. The average Bonchev–Trinajstić information content (AvgIpc) is 2.46. The van der Waals surface area contributed by atoms with Crippen molar-refractivity contribution in [1.29, 1.82) is 0 Å². The molecule has 106 valence electrons. The normalized spacial score (nSPS) is 25.9. The largest absolute Gasteiger partial charge is 0.371 e. The highest BCUT2D eigenvalue weighted by Crippen LogP contribution is 2.30. The second-order valence-electron chi connectivity index (χ2n) is 5.53. The van der Waals surface area contributed by atoms with Crippen molar-refractivity contribution in [2.75, 3.05) is 18.0 Å². The highest BCUT2D eigenvalue weighted by Gasteiger charge is 2.33. The number of nitrogens with one attached hydrogen (secondary N) is 1. The van der Waals surface area contributed by atoms with Gasteiger partial charge in [0.05, 0.1) is 0 Å². The number of nitrogens with zero attached hydrogens (tertiary/aromatic N) is 1. The van der Waals surface area contributed by atoms with Gasteiger partial charge in [-0.25, -0.2) is 0 Å². The summed E-state index contributed by atoms with van der Waals surface area (Å²) in [6.07, 6.45) is 3.46. The minimum atomic E-state index is 0.192. The summed E-state index contributed by atoms with van der Waals surface area (Å²) in [7, 11) is 0. The van der Waals surface area contributed by atoms with Crippen LogP contribution in [0.5, 0.6) is 0 Å². The molecule has 20 heavy (non-hydrogen) atoms. The topological polar surface area (TPSA) is 49.4 Å². The molecule has 0 bridgehead atoms. The van der Waals surface area contributed by atoms with E-state index in [9.17, 15) is 9.59 Å². The molecule has 0 spiro atoms. The minimum Gasteiger partial charge on any atom is -0.371 e. The Morgan fingerprint density at radius 2 is 2.20 bits per heavy atom. The Morgan fingerprint density at radius 1 is 1.35 bits per heavy atom. The predicted molar refractivity (Wildman–Crippen MR) is 81.0 cm³/mol. The Balaban J connectivity index is 1.74. The molecular formula is C15H17BrN2O2. The van der Waals surface area contributed by atoms with Gasteiger partial charge < -0.3 is 10.2 Å². The third-order valence-electron chi connectivity index (χ3n) is 4.30. The first kappa shape index (κ1) is 13.6. The molecule has 2 saturated heterocycles. The van der Waals surface area contributed by atoms with Crippen LogP contribution >= 0.6 is 15.9 Å². The van der Waals surface area contributed by atoms with E-state index in [0.717, 1.165) is 42.4 Å². The van der Waals surface area contributed by atoms with Gasteiger partial charge >= 0.3 is 0 Å². The number of halogens is 1. The van der Waals surface area contributed by atoms with E-state index in [1.807, 2.05) is 18.2 Å². The number of piperidine rings is 2. The van der Waals surface area contributed by atoms with Crippen molar-refractivity contribution in [2.45, 2.75) is 25.3 Å². The fourth-order valence-electron chi connectivity index (χ4n) is 3.15. The summed E-state index contributed by atoms with van der Waals surface area (Å²) in [6, 6.07) is 6.19. The highest BCUT2D eigenvalue weighted by molar-refractivity contribution is 9.10. The van der Waals surface area contributed by atoms with Crippen LogP contribution in [0.3, 0.4) is 0 Å². The van der Waals surface area contributed by atoms with E-state index in [0.29, 0.717) is 23.9 Å². The summed E-state index contributed by atoms with van der Waals surface area (Å²) in [4.78, 5) is 24.6. The maximum absolute atomic E-state index is 11.4. The zero-order chi connectivity index (χ0) is 14.1. The van der Waals surface area contributed by atoms with Crippen LogP contribution in [-0.4, -0.2) is 31.3 Å². The summed E-state index contributed by atoms with van der Waals surface area (Å²) >= 11 is 3.44. The molecule has 1 aromatic carbocycles. The maximum Gasteiger partial charge on any atom is 0.220 e. The van der Waals surface area contributed by atoms with Gasteiger partial charge in [-0.15, -0.1) is 0 Å². The van der Waals surface area contributed by atoms with Gasteiger partial charge in [-0.05, 0) is 52.9 Å². The molecule has 1 aromatic rings. The molecule has 0 aliphatic carbocycles. The Hall–Kier alpha value is -1.36. The number of amides is 1. The fourth-order valence-corrected chi connectivity index (χ4v) is 3.61. The molecule has 2 aliphatic rings. The van der Waals surface area contributed by atoms with Crippen LogP contribution in [0.4, 0.5) is 5.69 Å². The predicted octanol–water partition coefficient (Wildman–Crippen LogP) is 2.37. The number of aldehydes is 1. The van der Waals surface area contributed by atoms with E-state index >= 15 is 0 Å². The van der Waals surface area contributed by atoms with Crippen LogP contribution in [0, 0.1) is 5.92 Å². The summed E-state index contributed by atoms with van der Waals surface area (Å²) in [5.74, 6) is 0.726. The van der Waals surface area contributed by atoms with Crippen molar-refractivity contribution in [1.82, 2.24) is 5.32 Å². The minimum absolute atomic E-state index is 0.192. The van der Waals surface area contributed by atoms with Gasteiger partial charge in [0.2, 0.25) is 5.91 Å². The molecule has 2 atom stereocenters. The molecule has 0 aromatic heterocycles. The lowest BCUT2D eigenvalue weighted by Gasteiger charge is -2.42. The molecule has 2 fully saturated rings. The molecule has 5 heteroatoms. The van der Waals surface area contributed by atoms with Crippen molar-refractivity contribution < 1.29 is 9.59 Å². The molecule has 1 amide bonds. The Kier molecular flexibility index (Phi) is 3.78. The number of carbonyl (C=O) groups is 2. The Bertz CT molecular complexity index is 547. The van der Waals surface area contributed by atoms with Crippen LogP contribution in [-0.2, 0) is 4.79 Å². The van der Waals surface area contributed by atoms with Gasteiger partial charge in [0.25, 0.3) is 0 Å². The SMILES string of the molecule is O=Cc1ccc(N2CCC3NC(=O)CCC3C2)cc1Br. The monoisotopic (exact) mass is 336 g/mol. The Morgan fingerprint density at radius 3 is 2.95 bits per heavy atom. The quantitative estimate of drug-likeness (QED) is 0.843. The van der Waals surface area contributed by atoms with Gasteiger partial charge in [-0.3, -0.25) is 9.59 Å². The summed E-state index contributed by atoms with van der Waals surface area (Å²) < 4.78 is 0.837. The van der Waals surface area contributed by atoms with E-state index in [-0.39, 0.29) is 5.91 Å². The van der Waals surface area contributed by atoms with Crippen molar-refractivity contribution in [3.8, 4) is 0 Å². The lowest BCUT2D eigenvalue weighted by atomic mass is 9.85. The second kappa shape index (κ2) is 5.56. The van der Waals surface area contributed by atoms with Crippen LogP contribution < -0.4 is 10.2 Å². The maximum atomic E-state index is 11.4. The number of benzene rings is 1. The number of anilines is 1. The number of hydrogen-bond acceptors (Lipinski definition) is 3. The molecule has 2 aliphatic heterocycles. The summed E-state index contributed by atoms with van der Waals surface area (Å²) in [6.45, 7) is 1.91. The number of hydrogen-bond donors (Lipinski definition) is 1. The average molecular weight is 337 g/mol. The van der Waals surface area contributed by atoms with E-state index in [1.165, 1.54) is 0 Å². The lowest BCUT2D eigenvalue weighted by molar-refractivity contribution is -0.124. The first-order valence-electron chi connectivity index (χ1n) is 6.96. The van der Waals surface area contributed by atoms with Crippen LogP contribution in [0.15, 0.2) is 22.7 Å². The fraction of sp³-hybridized carbons (Fsp3) is 0.467. The van der Waals surface area contributed by atoms with Crippen LogP contribution in [0.1, 0.15) is 29.6 Å². The lowest BCUT2D eigenvalue weighted by Crippen LogP contribution is -2.54. The molecule has 0 saturated carbocycles. The standard InChI is InChI=1S/C15H17BrN2O2/c16-13-7-12(3-1-11(13)9-19)18-6-5-14-10(8-18)2-4-15(20)17-14/h1,3,7,9-10,14H,2,4-6,8H2,(H,17,20). The van der Waals surface area contributed by atoms with E-state index in [2.05, 4.69) is 26.1 Å². The van der Waals surface area contributed by atoms with Crippen molar-refractivity contribution in [3.63, 3.8) is 0 Å². The zero-order valence-corrected chi connectivity index (χ0v) is 12.7. The molecule has 1 N–H and O–H groups in total. The van der Waals surface area contributed by atoms with Gasteiger partial charge in [-0.2, -0.15) is 0 Å². The second-order valence-corrected chi connectivity index (χ2v) is 6.39. The van der Waals surface area contributed by atoms with E-state index in [4.69, 9.17) is 0 Å². The number of rotatable bonds is 2. The van der Waals surface area contributed by atoms with Gasteiger partial charge in [-0.1, -0.05) is 0 Å². The zero-order valence-electron chi connectivity index (χ0n) is 11.1. The van der Waals surface area contributed by atoms with E-state index in [1.54, 1.807) is 0 Å². The van der Waals surface area contributed by atoms with Gasteiger partial charge in [0, 0.05) is 41.3 Å². The number of carbonyl (C=O) groups excluding carboxylic acids is 2. The van der Waals surface area contributed by atoms with Crippen LogP contribution in [0.25, 0.3) is 0 Å². The molecule has 2 unspecified atom stereocenters. The number of fused-ring (bicyclic) bond motifs is 1. The molecular weight excluding hydrogens is 320 g/mol.